The molecule has 18 heavy (non-hydrogen) atoms. The van der Waals surface area contributed by atoms with Gasteiger partial charge in [0.1, 0.15) is 0 Å². The van der Waals surface area contributed by atoms with Crippen molar-refractivity contribution in [2.75, 3.05) is 17.7 Å². The first-order valence-corrected chi connectivity index (χ1v) is 6.42. The zero-order valence-corrected chi connectivity index (χ0v) is 11.6. The molecule has 0 radical (unpaired) electrons. The van der Waals surface area contributed by atoms with Crippen molar-refractivity contribution in [2.24, 2.45) is 5.92 Å². The number of nitrogen functional groups attached to an aromatic ring is 1. The summed E-state index contributed by atoms with van der Waals surface area (Å²) in [6.07, 6.45) is 1.03. The first kappa shape index (κ1) is 14.6. The molecule has 0 saturated carbocycles. The van der Waals surface area contributed by atoms with Gasteiger partial charge in [0.2, 0.25) is 0 Å². The number of ether oxygens (including phenoxy) is 1. The molecule has 1 unspecified atom stereocenters. The Kier molecular flexibility index (Phi) is 5.25. The van der Waals surface area contributed by atoms with Crippen LogP contribution in [0.2, 0.25) is 0 Å². The summed E-state index contributed by atoms with van der Waals surface area (Å²) < 4.78 is 18.8. The third-order valence-electron chi connectivity index (χ3n) is 2.63. The van der Waals surface area contributed by atoms with Gasteiger partial charge in [0.15, 0.2) is 11.6 Å². The predicted molar refractivity (Wildman–Crippen MR) is 74.5 cm³/mol. The summed E-state index contributed by atoms with van der Waals surface area (Å²) in [5, 5.41) is 3.30. The Morgan fingerprint density at radius 2 is 2.00 bits per heavy atom. The van der Waals surface area contributed by atoms with Crippen molar-refractivity contribution in [3.63, 3.8) is 0 Å². The van der Waals surface area contributed by atoms with E-state index in [1.54, 1.807) is 6.07 Å². The lowest BCUT2D eigenvalue weighted by Gasteiger charge is -2.19. The molecule has 0 aliphatic rings. The Bertz CT molecular complexity index is 394. The molecule has 3 nitrogen and oxygen atoms in total. The number of hydrogen-bond donors (Lipinski definition) is 2. The molecule has 102 valence electrons. The summed E-state index contributed by atoms with van der Waals surface area (Å²) in [7, 11) is 0. The third-order valence-corrected chi connectivity index (χ3v) is 2.63. The van der Waals surface area contributed by atoms with Crippen molar-refractivity contribution in [1.29, 1.82) is 0 Å². The van der Waals surface area contributed by atoms with E-state index < -0.39 is 5.82 Å². The molecular formula is C14H23FN2O. The minimum absolute atomic E-state index is 0.242. The SMILES string of the molecule is CCOc1cc(NC(C)CC(C)C)c(N)cc1F. The molecule has 0 bridgehead atoms. The van der Waals surface area contributed by atoms with E-state index in [1.165, 1.54) is 6.07 Å². The lowest BCUT2D eigenvalue weighted by molar-refractivity contribution is 0.322. The van der Waals surface area contributed by atoms with Gasteiger partial charge in [0.05, 0.1) is 18.0 Å². The molecule has 1 aromatic rings. The van der Waals surface area contributed by atoms with Gasteiger partial charge < -0.3 is 15.8 Å². The van der Waals surface area contributed by atoms with Crippen molar-refractivity contribution in [1.82, 2.24) is 0 Å². The Balaban J connectivity index is 2.84. The minimum Gasteiger partial charge on any atom is -0.491 e. The highest BCUT2D eigenvalue weighted by Gasteiger charge is 2.11. The highest BCUT2D eigenvalue weighted by atomic mass is 19.1. The topological polar surface area (TPSA) is 47.3 Å². The number of benzene rings is 1. The van der Waals surface area contributed by atoms with Crippen LogP contribution in [0, 0.1) is 11.7 Å². The maximum Gasteiger partial charge on any atom is 0.167 e. The van der Waals surface area contributed by atoms with Gasteiger partial charge in [-0.05, 0) is 26.2 Å². The van der Waals surface area contributed by atoms with Crippen molar-refractivity contribution in [3.05, 3.63) is 17.9 Å². The van der Waals surface area contributed by atoms with Gasteiger partial charge in [-0.25, -0.2) is 4.39 Å². The molecule has 0 spiro atoms. The Morgan fingerprint density at radius 1 is 1.33 bits per heavy atom. The highest BCUT2D eigenvalue weighted by molar-refractivity contribution is 5.68. The van der Waals surface area contributed by atoms with Crippen LogP contribution in [-0.2, 0) is 0 Å². The van der Waals surface area contributed by atoms with Gasteiger partial charge in [0, 0.05) is 18.2 Å². The number of nitrogens with two attached hydrogens (primary N) is 1. The summed E-state index contributed by atoms with van der Waals surface area (Å²) in [6.45, 7) is 8.67. The van der Waals surface area contributed by atoms with E-state index in [1.807, 2.05) is 6.92 Å². The predicted octanol–water partition coefficient (Wildman–Crippen LogP) is 3.65. The third kappa shape index (κ3) is 4.09. The summed E-state index contributed by atoms with van der Waals surface area (Å²) in [5.41, 5.74) is 6.95. The second kappa shape index (κ2) is 6.47. The molecule has 0 heterocycles. The van der Waals surface area contributed by atoms with E-state index in [2.05, 4.69) is 26.1 Å². The lowest BCUT2D eigenvalue weighted by Crippen LogP contribution is -2.18. The zero-order chi connectivity index (χ0) is 13.7. The Morgan fingerprint density at radius 3 is 2.56 bits per heavy atom. The number of anilines is 2. The number of nitrogens with one attached hydrogen (secondary N) is 1. The zero-order valence-electron chi connectivity index (χ0n) is 11.6. The van der Waals surface area contributed by atoms with Crippen LogP contribution in [0.4, 0.5) is 15.8 Å². The average molecular weight is 254 g/mol. The van der Waals surface area contributed by atoms with E-state index in [0.29, 0.717) is 18.2 Å². The molecule has 0 saturated heterocycles. The van der Waals surface area contributed by atoms with Crippen LogP contribution in [-0.4, -0.2) is 12.6 Å². The highest BCUT2D eigenvalue weighted by Crippen LogP contribution is 2.29. The van der Waals surface area contributed by atoms with E-state index >= 15 is 0 Å². The molecule has 0 fully saturated rings. The number of hydrogen-bond acceptors (Lipinski definition) is 3. The number of halogens is 1. The van der Waals surface area contributed by atoms with E-state index in [-0.39, 0.29) is 11.8 Å². The van der Waals surface area contributed by atoms with Gasteiger partial charge in [-0.3, -0.25) is 0 Å². The summed E-state index contributed by atoms with van der Waals surface area (Å²) in [6, 6.07) is 3.22. The standard InChI is InChI=1S/C14H23FN2O/c1-5-18-14-8-13(12(16)7-11(14)15)17-10(4)6-9(2)3/h7-10,17H,5-6,16H2,1-4H3. The molecule has 0 aliphatic heterocycles. The second-order valence-electron chi connectivity index (χ2n) is 4.98. The van der Waals surface area contributed by atoms with Crippen LogP contribution < -0.4 is 15.8 Å². The summed E-state index contributed by atoms with van der Waals surface area (Å²) in [4.78, 5) is 0. The normalized spacial score (nSPS) is 12.6. The van der Waals surface area contributed by atoms with Crippen molar-refractivity contribution < 1.29 is 9.13 Å². The molecule has 4 heteroatoms. The van der Waals surface area contributed by atoms with Gasteiger partial charge in [-0.2, -0.15) is 0 Å². The van der Waals surface area contributed by atoms with Gasteiger partial charge in [-0.1, -0.05) is 13.8 Å². The van der Waals surface area contributed by atoms with Crippen molar-refractivity contribution in [2.45, 2.75) is 40.2 Å². The van der Waals surface area contributed by atoms with Gasteiger partial charge >= 0.3 is 0 Å². The Labute approximate surface area is 109 Å². The molecule has 1 rings (SSSR count). The second-order valence-corrected chi connectivity index (χ2v) is 4.98. The van der Waals surface area contributed by atoms with Crippen LogP contribution in [0.5, 0.6) is 5.75 Å². The number of rotatable bonds is 6. The van der Waals surface area contributed by atoms with Crippen molar-refractivity contribution >= 4 is 11.4 Å². The van der Waals surface area contributed by atoms with Crippen LogP contribution in [0.25, 0.3) is 0 Å². The fourth-order valence-electron chi connectivity index (χ4n) is 1.99. The van der Waals surface area contributed by atoms with Gasteiger partial charge in [0.25, 0.3) is 0 Å². The maximum absolute atomic E-state index is 13.5. The minimum atomic E-state index is -0.420. The molecule has 3 N–H and O–H groups in total. The summed E-state index contributed by atoms with van der Waals surface area (Å²) in [5.74, 6) is 0.419. The van der Waals surface area contributed by atoms with Crippen LogP contribution in [0.3, 0.4) is 0 Å². The molecular weight excluding hydrogens is 231 g/mol. The molecule has 0 amide bonds. The first-order chi connectivity index (χ1) is 8.43. The Hall–Kier alpha value is -1.45. The lowest BCUT2D eigenvalue weighted by atomic mass is 10.0. The maximum atomic E-state index is 13.5. The fraction of sp³-hybridized carbons (Fsp3) is 0.571. The van der Waals surface area contributed by atoms with E-state index in [9.17, 15) is 4.39 Å². The van der Waals surface area contributed by atoms with Crippen LogP contribution in [0.15, 0.2) is 12.1 Å². The van der Waals surface area contributed by atoms with E-state index in [0.717, 1.165) is 12.1 Å². The van der Waals surface area contributed by atoms with E-state index in [4.69, 9.17) is 10.5 Å². The average Bonchev–Trinajstić information content (AvgIpc) is 2.24. The van der Waals surface area contributed by atoms with Crippen LogP contribution in [0.1, 0.15) is 34.1 Å². The van der Waals surface area contributed by atoms with Crippen molar-refractivity contribution in [3.8, 4) is 5.75 Å². The smallest absolute Gasteiger partial charge is 0.167 e. The van der Waals surface area contributed by atoms with Crippen LogP contribution >= 0.6 is 0 Å². The quantitative estimate of drug-likeness (QED) is 0.762. The molecule has 1 aromatic carbocycles. The first-order valence-electron chi connectivity index (χ1n) is 6.42. The largest absolute Gasteiger partial charge is 0.491 e. The molecule has 0 aliphatic carbocycles. The fourth-order valence-corrected chi connectivity index (χ4v) is 1.99. The molecule has 1 atom stereocenters. The molecule has 0 aromatic heterocycles. The monoisotopic (exact) mass is 254 g/mol. The summed E-state index contributed by atoms with van der Waals surface area (Å²) >= 11 is 0. The van der Waals surface area contributed by atoms with Gasteiger partial charge in [-0.15, -0.1) is 0 Å².